The van der Waals surface area contributed by atoms with Crippen LogP contribution in [0.2, 0.25) is 0 Å². The van der Waals surface area contributed by atoms with Crippen molar-refractivity contribution in [2.45, 2.75) is 11.9 Å². The summed E-state index contributed by atoms with van der Waals surface area (Å²) in [4.78, 5) is 22.5. The van der Waals surface area contributed by atoms with E-state index in [1.54, 1.807) is 6.08 Å². The summed E-state index contributed by atoms with van der Waals surface area (Å²) in [5, 5.41) is 10.1. The maximum atomic E-state index is 11.5. The van der Waals surface area contributed by atoms with Crippen molar-refractivity contribution in [2.24, 2.45) is 17.6 Å². The molecule has 84 valence electrons. The average molecular weight is 223 g/mol. The van der Waals surface area contributed by atoms with Gasteiger partial charge in [-0.2, -0.15) is 0 Å². The van der Waals surface area contributed by atoms with Gasteiger partial charge in [0.05, 0.1) is 5.92 Å². The van der Waals surface area contributed by atoms with E-state index in [2.05, 4.69) is 0 Å². The second-order valence-corrected chi connectivity index (χ2v) is 4.07. The molecule has 0 aromatic heterocycles. The number of carbonyl (C=O) groups excluding carboxylic acids is 2. The maximum Gasteiger partial charge on any atom is 0.345 e. The van der Waals surface area contributed by atoms with E-state index < -0.39 is 29.7 Å². The lowest BCUT2D eigenvalue weighted by Crippen LogP contribution is -2.55. The molecule has 0 spiro atoms. The van der Waals surface area contributed by atoms with Crippen molar-refractivity contribution in [2.75, 3.05) is 0 Å². The van der Waals surface area contributed by atoms with Gasteiger partial charge in [-0.05, 0) is 12.2 Å². The Morgan fingerprint density at radius 3 is 2.94 bits per heavy atom. The molecule has 3 aliphatic rings. The van der Waals surface area contributed by atoms with Gasteiger partial charge >= 0.3 is 5.97 Å². The molecule has 0 radical (unpaired) electrons. The molecular formula is C10H9NO5. The van der Waals surface area contributed by atoms with Gasteiger partial charge in [-0.3, -0.25) is 4.79 Å². The first-order valence-electron chi connectivity index (χ1n) is 4.83. The van der Waals surface area contributed by atoms with E-state index >= 15 is 0 Å². The number of esters is 1. The Labute approximate surface area is 90.3 Å². The number of hydrogen-bond donors (Lipinski definition) is 2. The van der Waals surface area contributed by atoms with Crippen LogP contribution in [-0.2, 0) is 19.1 Å². The highest BCUT2D eigenvalue weighted by Crippen LogP contribution is 2.47. The van der Waals surface area contributed by atoms with Crippen molar-refractivity contribution in [1.29, 1.82) is 0 Å². The number of ether oxygens (including phenoxy) is 2. The minimum Gasteiger partial charge on any atom is -0.449 e. The van der Waals surface area contributed by atoms with Crippen molar-refractivity contribution < 1.29 is 24.2 Å². The molecule has 0 saturated carbocycles. The molecule has 1 amide bonds. The van der Waals surface area contributed by atoms with Crippen molar-refractivity contribution in [3.05, 3.63) is 24.0 Å². The summed E-state index contributed by atoms with van der Waals surface area (Å²) in [6.45, 7) is 0. The molecule has 6 nitrogen and oxygen atoms in total. The van der Waals surface area contributed by atoms with Crippen LogP contribution in [0, 0.1) is 11.8 Å². The number of amides is 1. The van der Waals surface area contributed by atoms with Gasteiger partial charge in [0.1, 0.15) is 0 Å². The van der Waals surface area contributed by atoms with Crippen molar-refractivity contribution in [3.63, 3.8) is 0 Å². The van der Waals surface area contributed by atoms with Gasteiger partial charge in [-0.25, -0.2) is 4.79 Å². The first-order chi connectivity index (χ1) is 7.52. The highest BCUT2D eigenvalue weighted by atomic mass is 16.7. The number of primary amides is 1. The topological polar surface area (TPSA) is 98.9 Å². The molecular weight excluding hydrogens is 214 g/mol. The molecule has 1 aliphatic carbocycles. The summed E-state index contributed by atoms with van der Waals surface area (Å²) in [7, 11) is 0. The highest BCUT2D eigenvalue weighted by Gasteiger charge is 2.59. The molecule has 6 heteroatoms. The second kappa shape index (κ2) is 2.65. The average Bonchev–Trinajstić information content (AvgIpc) is 2.50. The van der Waals surface area contributed by atoms with Crippen LogP contribution in [0.3, 0.4) is 0 Å². The molecule has 1 saturated heterocycles. The zero-order valence-electron chi connectivity index (χ0n) is 8.12. The largest absolute Gasteiger partial charge is 0.449 e. The van der Waals surface area contributed by atoms with Gasteiger partial charge in [0.25, 0.3) is 12.2 Å². The predicted octanol–water partition coefficient (Wildman–Crippen LogP) is -1.20. The number of nitrogens with two attached hydrogens (primary N) is 1. The van der Waals surface area contributed by atoms with Crippen LogP contribution >= 0.6 is 0 Å². The van der Waals surface area contributed by atoms with Crippen molar-refractivity contribution >= 4 is 11.9 Å². The van der Waals surface area contributed by atoms with Gasteiger partial charge in [0, 0.05) is 5.92 Å². The zero-order valence-corrected chi connectivity index (χ0v) is 8.12. The van der Waals surface area contributed by atoms with Gasteiger partial charge in [-0.1, -0.05) is 6.08 Å². The Bertz CT molecular complexity index is 454. The van der Waals surface area contributed by atoms with Crippen LogP contribution in [0.25, 0.3) is 0 Å². The summed E-state index contributed by atoms with van der Waals surface area (Å²) in [6.07, 6.45) is 3.57. The summed E-state index contributed by atoms with van der Waals surface area (Å²) in [6, 6.07) is 0. The maximum absolute atomic E-state index is 11.5. The van der Waals surface area contributed by atoms with E-state index in [0.717, 1.165) is 0 Å². The van der Waals surface area contributed by atoms with Gasteiger partial charge in [0.2, 0.25) is 0 Å². The van der Waals surface area contributed by atoms with E-state index in [4.69, 9.17) is 15.2 Å². The Morgan fingerprint density at radius 1 is 1.50 bits per heavy atom. The van der Waals surface area contributed by atoms with E-state index in [1.165, 1.54) is 12.2 Å². The first kappa shape index (κ1) is 9.41. The molecule has 0 aromatic carbocycles. The molecule has 0 unspecified atom stereocenters. The van der Waals surface area contributed by atoms with Crippen LogP contribution in [0.5, 0.6) is 0 Å². The SMILES string of the molecule is NC(=O)C1=C[C@H]2[C@H]3C=C[C@@]2(O)C(=O)O[C@H]3O1. The fraction of sp³-hybridized carbons (Fsp3) is 0.400. The van der Waals surface area contributed by atoms with Crippen LogP contribution in [0.4, 0.5) is 0 Å². The molecule has 4 atom stereocenters. The van der Waals surface area contributed by atoms with Gasteiger partial charge < -0.3 is 20.3 Å². The summed E-state index contributed by atoms with van der Waals surface area (Å²) < 4.78 is 10.1. The fourth-order valence-electron chi connectivity index (χ4n) is 2.33. The molecule has 3 N–H and O–H groups in total. The number of carbonyl (C=O) groups is 2. The minimum atomic E-state index is -1.69. The molecule has 2 aliphatic heterocycles. The smallest absolute Gasteiger partial charge is 0.345 e. The minimum absolute atomic E-state index is 0.0686. The van der Waals surface area contributed by atoms with Crippen LogP contribution in [0.15, 0.2) is 24.0 Å². The van der Waals surface area contributed by atoms with E-state index in [1.807, 2.05) is 0 Å². The van der Waals surface area contributed by atoms with E-state index in [9.17, 15) is 14.7 Å². The molecule has 0 aromatic rings. The first-order valence-corrected chi connectivity index (χ1v) is 4.83. The Hall–Kier alpha value is -1.82. The normalized spacial score (nSPS) is 43.4. The van der Waals surface area contributed by atoms with Gasteiger partial charge in [-0.15, -0.1) is 0 Å². The van der Waals surface area contributed by atoms with Crippen LogP contribution < -0.4 is 5.73 Å². The molecule has 3 rings (SSSR count). The second-order valence-electron chi connectivity index (χ2n) is 4.07. The summed E-state index contributed by atoms with van der Waals surface area (Å²) >= 11 is 0. The lowest BCUT2D eigenvalue weighted by molar-refractivity contribution is -0.224. The number of rotatable bonds is 1. The third kappa shape index (κ3) is 0.943. The lowest BCUT2D eigenvalue weighted by atomic mass is 9.80. The number of aliphatic hydroxyl groups is 1. The lowest BCUT2D eigenvalue weighted by Gasteiger charge is -2.41. The monoisotopic (exact) mass is 223 g/mol. The third-order valence-corrected chi connectivity index (χ3v) is 3.18. The van der Waals surface area contributed by atoms with E-state index in [0.29, 0.717) is 0 Å². The fourth-order valence-corrected chi connectivity index (χ4v) is 2.33. The zero-order chi connectivity index (χ0) is 11.5. The van der Waals surface area contributed by atoms with Crippen molar-refractivity contribution in [1.82, 2.24) is 0 Å². The quantitative estimate of drug-likeness (QED) is 0.430. The third-order valence-electron chi connectivity index (χ3n) is 3.18. The molecule has 2 heterocycles. The highest BCUT2D eigenvalue weighted by molar-refractivity contribution is 5.91. The van der Waals surface area contributed by atoms with Crippen LogP contribution in [0.1, 0.15) is 0 Å². The van der Waals surface area contributed by atoms with Crippen LogP contribution in [-0.4, -0.2) is 28.9 Å². The van der Waals surface area contributed by atoms with Gasteiger partial charge in [0.15, 0.2) is 11.4 Å². The Morgan fingerprint density at radius 2 is 2.25 bits per heavy atom. The Kier molecular flexibility index (Phi) is 1.56. The van der Waals surface area contributed by atoms with Crippen molar-refractivity contribution in [3.8, 4) is 0 Å². The predicted molar refractivity (Wildman–Crippen MR) is 49.3 cm³/mol. The molecule has 1 fully saturated rings. The standard InChI is InChI=1S/C10H9NO5/c11-7(12)6-3-5-4-1-2-10(5,14)9(13)16-8(4)15-6/h1-5,8,14H,(H2,11,12)/t4-,5+,8-,10+/m1/s1. The summed E-state index contributed by atoms with van der Waals surface area (Å²) in [5.74, 6) is -2.36. The molecule has 4 bridgehead atoms. The Balaban J connectivity index is 2.09. The molecule has 16 heavy (non-hydrogen) atoms. The number of hydrogen-bond acceptors (Lipinski definition) is 5. The summed E-state index contributed by atoms with van der Waals surface area (Å²) in [5.41, 5.74) is 3.40. The van der Waals surface area contributed by atoms with E-state index in [-0.39, 0.29) is 11.7 Å².